The van der Waals surface area contributed by atoms with Crippen molar-refractivity contribution in [1.29, 1.82) is 0 Å². The van der Waals surface area contributed by atoms with Crippen LogP contribution in [0, 0.1) is 0 Å². The molecule has 0 bridgehead atoms. The Morgan fingerprint density at radius 2 is 2.00 bits per heavy atom. The second kappa shape index (κ2) is 13.6. The molecular formula is C21H34ClIN4O2. The minimum Gasteiger partial charge on any atom is -0.381 e. The van der Waals surface area contributed by atoms with E-state index in [1.165, 1.54) is 5.56 Å². The molecule has 2 fully saturated rings. The quantitative estimate of drug-likeness (QED) is 0.251. The SMILES string of the molecule is CN=C(NCCCOC1CCOCC1)N1CCN(Cc2cccc(Cl)c2)CC1.I. The highest BCUT2D eigenvalue weighted by Crippen LogP contribution is 2.14. The van der Waals surface area contributed by atoms with Gasteiger partial charge >= 0.3 is 0 Å². The molecule has 0 saturated carbocycles. The molecule has 1 aromatic rings. The zero-order chi connectivity index (χ0) is 19.6. The van der Waals surface area contributed by atoms with Crippen LogP contribution in [0.25, 0.3) is 0 Å². The minimum atomic E-state index is 0. The van der Waals surface area contributed by atoms with E-state index in [0.717, 1.165) is 89.3 Å². The van der Waals surface area contributed by atoms with Gasteiger partial charge in [-0.25, -0.2) is 0 Å². The van der Waals surface area contributed by atoms with E-state index in [0.29, 0.717) is 6.10 Å². The molecule has 0 amide bonds. The Kier molecular flexibility index (Phi) is 11.6. The Bertz CT molecular complexity index is 620. The molecule has 0 radical (unpaired) electrons. The molecule has 2 saturated heterocycles. The fraction of sp³-hybridized carbons (Fsp3) is 0.667. The van der Waals surface area contributed by atoms with E-state index in [2.05, 4.69) is 32.2 Å². The van der Waals surface area contributed by atoms with Crippen molar-refractivity contribution in [2.75, 3.05) is 59.6 Å². The van der Waals surface area contributed by atoms with Crippen molar-refractivity contribution in [2.24, 2.45) is 4.99 Å². The summed E-state index contributed by atoms with van der Waals surface area (Å²) < 4.78 is 11.3. The standard InChI is InChI=1S/C21H33ClN4O2.HI/c1-23-21(24-8-3-13-28-20-6-14-27-15-7-20)26-11-9-25(10-12-26)17-18-4-2-5-19(22)16-18;/h2,4-5,16,20H,3,6-15,17H2,1H3,(H,23,24);1H. The zero-order valence-corrected chi connectivity index (χ0v) is 20.4. The molecule has 164 valence electrons. The van der Waals surface area contributed by atoms with Gasteiger partial charge in [-0.05, 0) is 37.0 Å². The highest BCUT2D eigenvalue weighted by Gasteiger charge is 2.19. The van der Waals surface area contributed by atoms with Crippen LogP contribution in [-0.2, 0) is 16.0 Å². The van der Waals surface area contributed by atoms with Crippen molar-refractivity contribution in [3.63, 3.8) is 0 Å². The number of guanidine groups is 1. The average Bonchev–Trinajstić information content (AvgIpc) is 2.72. The van der Waals surface area contributed by atoms with Gasteiger partial charge in [0.05, 0.1) is 6.10 Å². The van der Waals surface area contributed by atoms with Crippen LogP contribution in [0.1, 0.15) is 24.8 Å². The van der Waals surface area contributed by atoms with Gasteiger partial charge < -0.3 is 19.7 Å². The highest BCUT2D eigenvalue weighted by atomic mass is 127. The van der Waals surface area contributed by atoms with E-state index in [9.17, 15) is 0 Å². The number of ether oxygens (including phenoxy) is 2. The highest BCUT2D eigenvalue weighted by molar-refractivity contribution is 14.0. The number of benzene rings is 1. The molecule has 3 rings (SSSR count). The monoisotopic (exact) mass is 536 g/mol. The Morgan fingerprint density at radius 3 is 2.69 bits per heavy atom. The molecule has 0 aliphatic carbocycles. The summed E-state index contributed by atoms with van der Waals surface area (Å²) in [6, 6.07) is 8.14. The molecule has 2 aliphatic rings. The van der Waals surface area contributed by atoms with Gasteiger partial charge in [0.25, 0.3) is 0 Å². The van der Waals surface area contributed by atoms with Crippen LogP contribution >= 0.6 is 35.6 Å². The maximum absolute atomic E-state index is 6.10. The first-order valence-corrected chi connectivity index (χ1v) is 10.7. The second-order valence-electron chi connectivity index (χ2n) is 7.40. The van der Waals surface area contributed by atoms with E-state index < -0.39 is 0 Å². The molecule has 2 heterocycles. The van der Waals surface area contributed by atoms with Gasteiger partial charge in [0.2, 0.25) is 0 Å². The van der Waals surface area contributed by atoms with Gasteiger partial charge in [-0.15, -0.1) is 24.0 Å². The lowest BCUT2D eigenvalue weighted by Gasteiger charge is -2.36. The lowest BCUT2D eigenvalue weighted by molar-refractivity contribution is -0.0320. The summed E-state index contributed by atoms with van der Waals surface area (Å²) in [7, 11) is 1.86. The molecule has 2 aliphatic heterocycles. The summed E-state index contributed by atoms with van der Waals surface area (Å²) in [5.74, 6) is 0.994. The molecule has 0 atom stereocenters. The van der Waals surface area contributed by atoms with Crippen LogP contribution in [0.5, 0.6) is 0 Å². The molecule has 0 spiro atoms. The van der Waals surface area contributed by atoms with Crippen LogP contribution in [0.2, 0.25) is 5.02 Å². The maximum Gasteiger partial charge on any atom is 0.193 e. The first-order valence-electron chi connectivity index (χ1n) is 10.4. The first kappa shape index (κ1) is 24.7. The topological polar surface area (TPSA) is 49.3 Å². The molecule has 1 aromatic carbocycles. The molecule has 8 heteroatoms. The normalized spacial score (nSPS) is 19.1. The number of rotatable bonds is 7. The lowest BCUT2D eigenvalue weighted by atomic mass is 10.1. The van der Waals surface area contributed by atoms with E-state index in [-0.39, 0.29) is 24.0 Å². The van der Waals surface area contributed by atoms with Gasteiger partial charge in [-0.1, -0.05) is 23.7 Å². The third-order valence-corrected chi connectivity index (χ3v) is 5.54. The van der Waals surface area contributed by atoms with Crippen molar-refractivity contribution < 1.29 is 9.47 Å². The number of hydrogen-bond acceptors (Lipinski definition) is 4. The van der Waals surface area contributed by atoms with Crippen molar-refractivity contribution >= 4 is 41.5 Å². The first-order chi connectivity index (χ1) is 13.7. The largest absolute Gasteiger partial charge is 0.381 e. The Balaban J connectivity index is 0.00000300. The van der Waals surface area contributed by atoms with Crippen LogP contribution < -0.4 is 5.32 Å². The number of piperazine rings is 1. The van der Waals surface area contributed by atoms with E-state index >= 15 is 0 Å². The Labute approximate surface area is 197 Å². The van der Waals surface area contributed by atoms with Gasteiger partial charge in [-0.2, -0.15) is 0 Å². The molecular weight excluding hydrogens is 503 g/mol. The lowest BCUT2D eigenvalue weighted by Crippen LogP contribution is -2.52. The summed E-state index contributed by atoms with van der Waals surface area (Å²) in [5.41, 5.74) is 1.27. The van der Waals surface area contributed by atoms with Crippen LogP contribution in [0.3, 0.4) is 0 Å². The number of aliphatic imine (C=N–C) groups is 1. The zero-order valence-electron chi connectivity index (χ0n) is 17.3. The minimum absolute atomic E-state index is 0. The van der Waals surface area contributed by atoms with Gasteiger partial charge in [-0.3, -0.25) is 9.89 Å². The number of nitrogens with one attached hydrogen (secondary N) is 1. The van der Waals surface area contributed by atoms with Gasteiger partial charge in [0.15, 0.2) is 5.96 Å². The van der Waals surface area contributed by atoms with Gasteiger partial charge in [0, 0.05) is 71.2 Å². The van der Waals surface area contributed by atoms with Crippen LogP contribution in [-0.4, -0.2) is 81.5 Å². The van der Waals surface area contributed by atoms with Crippen molar-refractivity contribution in [3.8, 4) is 0 Å². The third-order valence-electron chi connectivity index (χ3n) is 5.30. The number of nitrogens with zero attached hydrogens (tertiary/aromatic N) is 3. The molecule has 0 aromatic heterocycles. The predicted molar refractivity (Wildman–Crippen MR) is 129 cm³/mol. The van der Waals surface area contributed by atoms with Crippen LogP contribution in [0.4, 0.5) is 0 Å². The van der Waals surface area contributed by atoms with E-state index in [1.807, 2.05) is 19.2 Å². The Hall–Kier alpha value is -0.610. The van der Waals surface area contributed by atoms with Crippen molar-refractivity contribution in [2.45, 2.75) is 31.9 Å². The average molecular weight is 537 g/mol. The van der Waals surface area contributed by atoms with Crippen molar-refractivity contribution in [1.82, 2.24) is 15.1 Å². The fourth-order valence-electron chi connectivity index (χ4n) is 3.71. The number of hydrogen-bond donors (Lipinski definition) is 1. The van der Waals surface area contributed by atoms with Crippen molar-refractivity contribution in [3.05, 3.63) is 34.9 Å². The summed E-state index contributed by atoms with van der Waals surface area (Å²) in [5, 5.41) is 4.29. The second-order valence-corrected chi connectivity index (χ2v) is 7.84. The summed E-state index contributed by atoms with van der Waals surface area (Å²) >= 11 is 6.10. The Morgan fingerprint density at radius 1 is 1.24 bits per heavy atom. The predicted octanol–water partition coefficient (Wildman–Crippen LogP) is 3.24. The molecule has 1 N–H and O–H groups in total. The fourth-order valence-corrected chi connectivity index (χ4v) is 3.92. The van der Waals surface area contributed by atoms with E-state index in [1.54, 1.807) is 0 Å². The summed E-state index contributed by atoms with van der Waals surface area (Å²) in [4.78, 5) is 9.27. The van der Waals surface area contributed by atoms with Gasteiger partial charge in [0.1, 0.15) is 0 Å². The molecule has 29 heavy (non-hydrogen) atoms. The summed E-state index contributed by atoms with van der Waals surface area (Å²) in [6.07, 6.45) is 3.41. The summed E-state index contributed by atoms with van der Waals surface area (Å²) in [6.45, 7) is 8.32. The van der Waals surface area contributed by atoms with E-state index in [4.69, 9.17) is 21.1 Å². The maximum atomic E-state index is 6.10. The number of halogens is 2. The third kappa shape index (κ3) is 8.57. The molecule has 6 nitrogen and oxygen atoms in total. The van der Waals surface area contributed by atoms with Crippen LogP contribution in [0.15, 0.2) is 29.3 Å². The molecule has 0 unspecified atom stereocenters. The smallest absolute Gasteiger partial charge is 0.193 e.